The minimum Gasteiger partial charge on any atom is -0.494 e. The van der Waals surface area contributed by atoms with E-state index in [9.17, 15) is 4.39 Å². The number of anilines is 3. The van der Waals surface area contributed by atoms with E-state index in [2.05, 4.69) is 43.5 Å². The lowest BCUT2D eigenvalue weighted by Gasteiger charge is -2.13. The largest absolute Gasteiger partial charge is 0.494 e. The summed E-state index contributed by atoms with van der Waals surface area (Å²) in [5, 5.41) is 6.30. The number of rotatable bonds is 6. The van der Waals surface area contributed by atoms with Crippen LogP contribution < -0.4 is 15.4 Å². The van der Waals surface area contributed by atoms with Gasteiger partial charge in [-0.15, -0.1) is 0 Å². The highest BCUT2D eigenvalue weighted by atomic mass is 79.9. The van der Waals surface area contributed by atoms with Gasteiger partial charge in [-0.2, -0.15) is 0 Å². The molecule has 0 bridgehead atoms. The van der Waals surface area contributed by atoms with Gasteiger partial charge in [0.15, 0.2) is 0 Å². The van der Waals surface area contributed by atoms with Crippen LogP contribution in [-0.2, 0) is 0 Å². The smallest absolute Gasteiger partial charge is 0.150 e. The summed E-state index contributed by atoms with van der Waals surface area (Å²) in [4.78, 5) is 8.36. The van der Waals surface area contributed by atoms with Crippen LogP contribution >= 0.6 is 15.9 Å². The Balaban J connectivity index is 2.27. The van der Waals surface area contributed by atoms with Gasteiger partial charge >= 0.3 is 0 Å². The summed E-state index contributed by atoms with van der Waals surface area (Å²) in [6.45, 7) is 2.89. The molecule has 0 aliphatic heterocycles. The molecule has 0 unspecified atom stereocenters. The number of ether oxygens (including phenoxy) is 1. The zero-order valence-electron chi connectivity index (χ0n) is 11.8. The summed E-state index contributed by atoms with van der Waals surface area (Å²) in [7, 11) is 1.49. The monoisotopic (exact) mass is 354 g/mol. The van der Waals surface area contributed by atoms with Crippen molar-refractivity contribution < 1.29 is 9.13 Å². The maximum atomic E-state index is 13.2. The second-order valence-corrected chi connectivity index (χ2v) is 5.07. The molecule has 2 N–H and O–H groups in total. The number of methoxy groups -OCH3 is 1. The van der Waals surface area contributed by atoms with Gasteiger partial charge in [0, 0.05) is 12.6 Å². The Labute approximate surface area is 131 Å². The van der Waals surface area contributed by atoms with Gasteiger partial charge in [-0.05, 0) is 34.5 Å². The molecule has 0 saturated heterocycles. The van der Waals surface area contributed by atoms with Crippen molar-refractivity contribution in [2.45, 2.75) is 13.3 Å². The molecule has 1 heterocycles. The van der Waals surface area contributed by atoms with Crippen molar-refractivity contribution in [2.75, 3.05) is 24.3 Å². The molecule has 21 heavy (non-hydrogen) atoms. The molecule has 0 fully saturated rings. The summed E-state index contributed by atoms with van der Waals surface area (Å²) in [6.07, 6.45) is 2.45. The van der Waals surface area contributed by atoms with Crippen molar-refractivity contribution in [1.29, 1.82) is 0 Å². The summed E-state index contributed by atoms with van der Waals surface area (Å²) < 4.78 is 19.1. The van der Waals surface area contributed by atoms with Crippen LogP contribution in [0.5, 0.6) is 5.75 Å². The van der Waals surface area contributed by atoms with Gasteiger partial charge in [-0.1, -0.05) is 6.92 Å². The molecular weight excluding hydrogens is 339 g/mol. The maximum Gasteiger partial charge on any atom is 0.150 e. The Morgan fingerprint density at radius 3 is 2.76 bits per heavy atom. The molecule has 1 aromatic heterocycles. The summed E-state index contributed by atoms with van der Waals surface area (Å²) in [5.74, 6) is 1.33. The molecule has 1 aromatic carbocycles. The minimum atomic E-state index is -0.357. The lowest BCUT2D eigenvalue weighted by molar-refractivity contribution is 0.413. The average Bonchev–Trinajstić information content (AvgIpc) is 2.49. The van der Waals surface area contributed by atoms with Gasteiger partial charge in [0.25, 0.3) is 0 Å². The van der Waals surface area contributed by atoms with Crippen LogP contribution in [0.3, 0.4) is 0 Å². The molecule has 2 rings (SSSR count). The normalized spacial score (nSPS) is 10.3. The van der Waals surface area contributed by atoms with E-state index >= 15 is 0 Å². The highest BCUT2D eigenvalue weighted by Gasteiger charge is 2.11. The molecule has 5 nitrogen and oxygen atoms in total. The third-order valence-electron chi connectivity index (χ3n) is 2.75. The predicted molar refractivity (Wildman–Crippen MR) is 84.7 cm³/mol. The van der Waals surface area contributed by atoms with Crippen LogP contribution in [0.25, 0.3) is 0 Å². The first kappa shape index (κ1) is 15.5. The van der Waals surface area contributed by atoms with E-state index in [0.717, 1.165) is 13.0 Å². The Morgan fingerprint density at radius 1 is 1.29 bits per heavy atom. The van der Waals surface area contributed by atoms with Gasteiger partial charge in [0.1, 0.15) is 34.0 Å². The molecule has 0 atom stereocenters. The van der Waals surface area contributed by atoms with Crippen LogP contribution in [-0.4, -0.2) is 23.6 Å². The van der Waals surface area contributed by atoms with E-state index in [1.54, 1.807) is 6.07 Å². The van der Waals surface area contributed by atoms with Crippen molar-refractivity contribution in [3.8, 4) is 5.75 Å². The molecule has 0 saturated carbocycles. The van der Waals surface area contributed by atoms with Crippen LogP contribution in [0.4, 0.5) is 21.7 Å². The zero-order valence-corrected chi connectivity index (χ0v) is 13.4. The van der Waals surface area contributed by atoms with E-state index in [4.69, 9.17) is 4.74 Å². The van der Waals surface area contributed by atoms with E-state index in [-0.39, 0.29) is 5.82 Å². The fourth-order valence-electron chi connectivity index (χ4n) is 1.72. The van der Waals surface area contributed by atoms with Gasteiger partial charge in [0.2, 0.25) is 0 Å². The Kier molecular flexibility index (Phi) is 5.32. The number of hydrogen-bond acceptors (Lipinski definition) is 5. The van der Waals surface area contributed by atoms with Crippen molar-refractivity contribution >= 4 is 33.3 Å². The highest BCUT2D eigenvalue weighted by molar-refractivity contribution is 9.10. The topological polar surface area (TPSA) is 59.1 Å². The molecular formula is C14H16BrFN4O. The number of halogens is 2. The first-order chi connectivity index (χ1) is 10.2. The first-order valence-electron chi connectivity index (χ1n) is 6.50. The number of nitrogens with one attached hydrogen (secondary N) is 2. The van der Waals surface area contributed by atoms with Crippen LogP contribution in [0, 0.1) is 5.82 Å². The zero-order chi connectivity index (χ0) is 15.2. The average molecular weight is 355 g/mol. The second-order valence-electron chi connectivity index (χ2n) is 4.28. The maximum absolute atomic E-state index is 13.2. The van der Waals surface area contributed by atoms with Gasteiger partial charge < -0.3 is 15.4 Å². The molecule has 0 amide bonds. The summed E-state index contributed by atoms with van der Waals surface area (Å²) in [5.41, 5.74) is 0.625. The molecule has 0 radical (unpaired) electrons. The Hall–Kier alpha value is -1.89. The van der Waals surface area contributed by atoms with Crippen LogP contribution in [0.15, 0.2) is 29.0 Å². The predicted octanol–water partition coefficient (Wildman–Crippen LogP) is 3.95. The number of benzene rings is 1. The van der Waals surface area contributed by atoms with Crippen molar-refractivity contribution in [3.05, 3.63) is 34.8 Å². The standard InChI is InChI=1S/C14H16BrFN4O/c1-3-6-17-13-12(15)14(19-8-18-13)20-10-5-4-9(16)7-11(10)21-2/h4-5,7-8H,3,6H2,1-2H3,(H2,17,18,19,20). The fourth-order valence-corrected chi connectivity index (χ4v) is 2.16. The van der Waals surface area contributed by atoms with Gasteiger partial charge in [-0.25, -0.2) is 14.4 Å². The van der Waals surface area contributed by atoms with Gasteiger partial charge in [0.05, 0.1) is 12.8 Å². The van der Waals surface area contributed by atoms with E-state index < -0.39 is 0 Å². The third-order valence-corrected chi connectivity index (χ3v) is 3.50. The molecule has 0 aliphatic rings. The molecule has 0 spiro atoms. The third kappa shape index (κ3) is 3.81. The first-order valence-corrected chi connectivity index (χ1v) is 7.30. The minimum absolute atomic E-state index is 0.357. The number of nitrogens with zero attached hydrogens (tertiary/aromatic N) is 2. The molecule has 7 heteroatoms. The van der Waals surface area contributed by atoms with Crippen molar-refractivity contribution in [2.24, 2.45) is 0 Å². The molecule has 2 aromatic rings. The fraction of sp³-hybridized carbons (Fsp3) is 0.286. The van der Waals surface area contributed by atoms with Crippen LogP contribution in [0.1, 0.15) is 13.3 Å². The van der Waals surface area contributed by atoms with Crippen LogP contribution in [0.2, 0.25) is 0 Å². The Bertz CT molecular complexity index is 624. The quantitative estimate of drug-likeness (QED) is 0.822. The Morgan fingerprint density at radius 2 is 2.05 bits per heavy atom. The van der Waals surface area contributed by atoms with E-state index in [1.807, 2.05) is 0 Å². The lowest BCUT2D eigenvalue weighted by atomic mass is 10.3. The number of hydrogen-bond donors (Lipinski definition) is 2. The van der Waals surface area contributed by atoms with Gasteiger partial charge in [-0.3, -0.25) is 0 Å². The second kappa shape index (κ2) is 7.21. The highest BCUT2D eigenvalue weighted by Crippen LogP contribution is 2.32. The van der Waals surface area contributed by atoms with Crippen molar-refractivity contribution in [3.63, 3.8) is 0 Å². The summed E-state index contributed by atoms with van der Waals surface area (Å²) in [6, 6.07) is 4.27. The molecule has 0 aliphatic carbocycles. The SMILES string of the molecule is CCCNc1ncnc(Nc2ccc(F)cc2OC)c1Br. The van der Waals surface area contributed by atoms with Crippen molar-refractivity contribution in [1.82, 2.24) is 9.97 Å². The van der Waals surface area contributed by atoms with E-state index in [1.165, 1.54) is 25.6 Å². The van der Waals surface area contributed by atoms with E-state index in [0.29, 0.717) is 27.5 Å². The summed E-state index contributed by atoms with van der Waals surface area (Å²) >= 11 is 3.46. The molecule has 112 valence electrons. The number of aromatic nitrogens is 2. The lowest BCUT2D eigenvalue weighted by Crippen LogP contribution is -2.05.